The minimum Gasteiger partial charge on any atom is -0.480 e. The van der Waals surface area contributed by atoms with Crippen molar-refractivity contribution in [2.75, 3.05) is 6.61 Å². The molecule has 0 bridgehead atoms. The number of benzene rings is 3. The standard InChI is InChI=1S/C32H34N2O6/c1-20(39-18-21-10-3-2-4-11-21)29(31(36)37)34-30(35)26-16-9-17-28(26)33-32(38)40-19-27-24-14-7-5-12-22(24)23-13-6-8-15-25(23)27/h2-8,10-15,20,26-29H,9,16-19H2,1H3,(H,33,38)(H,34,35)(H,36,37)/t20-,26+,28-,29+/m0/s1. The summed E-state index contributed by atoms with van der Waals surface area (Å²) in [6, 6.07) is 24.0. The highest BCUT2D eigenvalue weighted by Crippen LogP contribution is 2.44. The Morgan fingerprint density at radius 2 is 1.52 bits per heavy atom. The van der Waals surface area contributed by atoms with Gasteiger partial charge in [0.2, 0.25) is 5.91 Å². The first-order chi connectivity index (χ1) is 19.4. The first-order valence-corrected chi connectivity index (χ1v) is 13.7. The van der Waals surface area contributed by atoms with Gasteiger partial charge in [-0.2, -0.15) is 0 Å². The number of aliphatic carboxylic acids is 1. The molecule has 0 radical (unpaired) electrons. The van der Waals surface area contributed by atoms with Gasteiger partial charge in [-0.3, -0.25) is 4.79 Å². The molecule has 3 aromatic rings. The highest BCUT2D eigenvalue weighted by Gasteiger charge is 2.38. The molecule has 1 fully saturated rings. The Kier molecular flexibility index (Phi) is 8.45. The Morgan fingerprint density at radius 3 is 2.17 bits per heavy atom. The summed E-state index contributed by atoms with van der Waals surface area (Å²) in [6.07, 6.45) is 0.563. The van der Waals surface area contributed by atoms with Crippen LogP contribution in [0.1, 0.15) is 48.8 Å². The largest absolute Gasteiger partial charge is 0.480 e. The van der Waals surface area contributed by atoms with Crippen LogP contribution in [0.25, 0.3) is 11.1 Å². The summed E-state index contributed by atoms with van der Waals surface area (Å²) in [5.74, 6) is -2.20. The number of ether oxygens (including phenoxy) is 2. The van der Waals surface area contributed by atoms with Crippen molar-refractivity contribution in [3.63, 3.8) is 0 Å². The predicted molar refractivity (Wildman–Crippen MR) is 150 cm³/mol. The second-order valence-corrected chi connectivity index (χ2v) is 10.4. The van der Waals surface area contributed by atoms with Gasteiger partial charge in [-0.1, -0.05) is 85.3 Å². The van der Waals surface area contributed by atoms with Crippen molar-refractivity contribution in [3.8, 4) is 11.1 Å². The number of fused-ring (bicyclic) bond motifs is 3. The van der Waals surface area contributed by atoms with Gasteiger partial charge in [0.1, 0.15) is 6.61 Å². The molecule has 0 spiro atoms. The maximum atomic E-state index is 13.2. The van der Waals surface area contributed by atoms with E-state index in [9.17, 15) is 19.5 Å². The van der Waals surface area contributed by atoms with E-state index in [2.05, 4.69) is 34.9 Å². The van der Waals surface area contributed by atoms with Crippen LogP contribution in [-0.2, 0) is 25.7 Å². The second-order valence-electron chi connectivity index (χ2n) is 10.4. The van der Waals surface area contributed by atoms with E-state index >= 15 is 0 Å². The van der Waals surface area contributed by atoms with Crippen LogP contribution in [0.15, 0.2) is 78.9 Å². The second kappa shape index (κ2) is 12.3. The fourth-order valence-corrected chi connectivity index (χ4v) is 5.78. The molecule has 5 rings (SSSR count). The highest BCUT2D eigenvalue weighted by atomic mass is 16.5. The Balaban J connectivity index is 1.16. The number of nitrogens with one attached hydrogen (secondary N) is 2. The van der Waals surface area contributed by atoms with Crippen molar-refractivity contribution in [1.29, 1.82) is 0 Å². The van der Waals surface area contributed by atoms with Gasteiger partial charge in [0.25, 0.3) is 0 Å². The van der Waals surface area contributed by atoms with Gasteiger partial charge in [-0.25, -0.2) is 9.59 Å². The zero-order chi connectivity index (χ0) is 28.1. The lowest BCUT2D eigenvalue weighted by Crippen LogP contribution is -2.53. The van der Waals surface area contributed by atoms with Crippen LogP contribution in [-0.4, -0.2) is 47.9 Å². The monoisotopic (exact) mass is 542 g/mol. The van der Waals surface area contributed by atoms with E-state index in [-0.39, 0.29) is 19.1 Å². The van der Waals surface area contributed by atoms with Crippen LogP contribution >= 0.6 is 0 Å². The molecule has 3 aromatic carbocycles. The van der Waals surface area contributed by atoms with Gasteiger partial charge >= 0.3 is 12.1 Å². The van der Waals surface area contributed by atoms with Crippen molar-refractivity contribution in [2.45, 2.75) is 56.9 Å². The average Bonchev–Trinajstić information content (AvgIpc) is 3.56. The molecule has 2 aliphatic carbocycles. The summed E-state index contributed by atoms with van der Waals surface area (Å²) >= 11 is 0. The van der Waals surface area contributed by atoms with E-state index in [1.807, 2.05) is 54.6 Å². The number of amides is 2. The number of hydrogen-bond acceptors (Lipinski definition) is 5. The quantitative estimate of drug-likeness (QED) is 0.337. The zero-order valence-corrected chi connectivity index (χ0v) is 22.4. The van der Waals surface area contributed by atoms with Gasteiger partial charge in [0.15, 0.2) is 6.04 Å². The van der Waals surface area contributed by atoms with E-state index in [0.717, 1.165) is 34.2 Å². The zero-order valence-electron chi connectivity index (χ0n) is 22.4. The molecular weight excluding hydrogens is 508 g/mol. The van der Waals surface area contributed by atoms with Gasteiger partial charge in [0, 0.05) is 12.0 Å². The van der Waals surface area contributed by atoms with Gasteiger partial charge in [0.05, 0.1) is 18.6 Å². The maximum absolute atomic E-state index is 13.2. The molecule has 8 nitrogen and oxygen atoms in total. The Morgan fingerprint density at radius 1 is 0.900 bits per heavy atom. The number of alkyl carbamates (subject to hydrolysis) is 1. The SMILES string of the molecule is C[C@H](OCc1ccccc1)[C@@H](NC(=O)[C@@H]1CCC[C@@H]1NC(=O)OCC1c2ccccc2-c2ccccc21)C(=O)O. The van der Waals surface area contributed by atoms with Crippen molar-refractivity contribution in [1.82, 2.24) is 10.6 Å². The van der Waals surface area contributed by atoms with Crippen LogP contribution in [0.4, 0.5) is 4.79 Å². The number of carbonyl (C=O) groups is 3. The summed E-state index contributed by atoms with van der Waals surface area (Å²) in [5, 5.41) is 15.3. The molecule has 0 unspecified atom stereocenters. The minimum atomic E-state index is -1.22. The first kappa shape index (κ1) is 27.4. The van der Waals surface area contributed by atoms with Crippen LogP contribution < -0.4 is 10.6 Å². The molecule has 8 heteroatoms. The first-order valence-electron chi connectivity index (χ1n) is 13.7. The third kappa shape index (κ3) is 6.02. The Bertz CT molecular complexity index is 1310. The number of carboxylic acid groups (broad SMARTS) is 1. The van der Waals surface area contributed by atoms with Crippen molar-refractivity contribution in [3.05, 3.63) is 95.6 Å². The summed E-state index contributed by atoms with van der Waals surface area (Å²) < 4.78 is 11.4. The fraction of sp³-hybridized carbons (Fsp3) is 0.344. The molecule has 40 heavy (non-hydrogen) atoms. The molecule has 1 saturated carbocycles. The van der Waals surface area contributed by atoms with Crippen molar-refractivity contribution >= 4 is 18.0 Å². The minimum absolute atomic E-state index is 0.0606. The van der Waals surface area contributed by atoms with E-state index in [1.165, 1.54) is 0 Å². The van der Waals surface area contributed by atoms with E-state index in [4.69, 9.17) is 9.47 Å². The third-order valence-corrected chi connectivity index (χ3v) is 7.89. The molecule has 0 aromatic heterocycles. The Labute approximate surface area is 233 Å². The van der Waals surface area contributed by atoms with Crippen LogP contribution in [0.5, 0.6) is 0 Å². The number of hydrogen-bond donors (Lipinski definition) is 3. The molecule has 0 saturated heterocycles. The van der Waals surface area contributed by atoms with Crippen LogP contribution in [0.2, 0.25) is 0 Å². The molecular formula is C32H34N2O6. The summed E-state index contributed by atoms with van der Waals surface area (Å²) in [7, 11) is 0. The van der Waals surface area contributed by atoms with E-state index < -0.39 is 42.1 Å². The van der Waals surface area contributed by atoms with Crippen LogP contribution in [0, 0.1) is 5.92 Å². The van der Waals surface area contributed by atoms with Crippen LogP contribution in [0.3, 0.4) is 0 Å². The maximum Gasteiger partial charge on any atom is 0.407 e. The highest BCUT2D eigenvalue weighted by molar-refractivity contribution is 5.86. The van der Waals surface area contributed by atoms with Gasteiger partial charge < -0.3 is 25.2 Å². The predicted octanol–water partition coefficient (Wildman–Crippen LogP) is 4.87. The number of carboxylic acids is 1. The molecule has 208 valence electrons. The molecule has 0 aliphatic heterocycles. The third-order valence-electron chi connectivity index (χ3n) is 7.89. The summed E-state index contributed by atoms with van der Waals surface area (Å²) in [4.78, 5) is 37.9. The average molecular weight is 543 g/mol. The van der Waals surface area contributed by atoms with E-state index in [1.54, 1.807) is 6.92 Å². The Hall–Kier alpha value is -4.17. The topological polar surface area (TPSA) is 114 Å². The molecule has 2 aliphatic rings. The fourth-order valence-electron chi connectivity index (χ4n) is 5.78. The van der Waals surface area contributed by atoms with Gasteiger partial charge in [-0.05, 0) is 47.6 Å². The lowest BCUT2D eigenvalue weighted by molar-refractivity contribution is -0.147. The van der Waals surface area contributed by atoms with Crippen molar-refractivity contribution < 1.29 is 29.0 Å². The molecule has 0 heterocycles. The van der Waals surface area contributed by atoms with Crippen molar-refractivity contribution in [2.24, 2.45) is 5.92 Å². The summed E-state index contributed by atoms with van der Waals surface area (Å²) in [6.45, 7) is 2.04. The molecule has 4 atom stereocenters. The molecule has 3 N–H and O–H groups in total. The van der Waals surface area contributed by atoms with Gasteiger partial charge in [-0.15, -0.1) is 0 Å². The number of carbonyl (C=O) groups excluding carboxylic acids is 2. The normalized spacial score (nSPS) is 19.2. The lowest BCUT2D eigenvalue weighted by atomic mass is 9.98. The summed E-state index contributed by atoms with van der Waals surface area (Å²) in [5.41, 5.74) is 5.45. The molecule has 2 amide bonds. The van der Waals surface area contributed by atoms with E-state index in [0.29, 0.717) is 12.8 Å². The smallest absolute Gasteiger partial charge is 0.407 e. The lowest BCUT2D eigenvalue weighted by Gasteiger charge is -2.26. The number of rotatable bonds is 10.